The van der Waals surface area contributed by atoms with E-state index in [9.17, 15) is 18.0 Å². The van der Waals surface area contributed by atoms with Gasteiger partial charge in [-0.3, -0.25) is 9.10 Å². The number of hydrogen-bond donors (Lipinski definition) is 0. The molecule has 0 unspecified atom stereocenters. The number of para-hydroxylation sites is 2. The van der Waals surface area contributed by atoms with Crippen LogP contribution in [0, 0.1) is 0 Å². The monoisotopic (exact) mass is 483 g/mol. The Morgan fingerprint density at radius 1 is 0.970 bits per heavy atom. The van der Waals surface area contributed by atoms with E-state index in [1.165, 1.54) is 19.2 Å². The number of nitrogens with zero attached hydrogens (tertiary/aromatic N) is 1. The fourth-order valence-electron chi connectivity index (χ4n) is 3.16. The first-order valence-electron chi connectivity index (χ1n) is 9.80. The van der Waals surface area contributed by atoms with Gasteiger partial charge >= 0.3 is 5.97 Å². The molecule has 0 atom stereocenters. The summed E-state index contributed by atoms with van der Waals surface area (Å²) in [4.78, 5) is 24.9. The lowest BCUT2D eigenvalue weighted by Gasteiger charge is -2.20. The van der Waals surface area contributed by atoms with Gasteiger partial charge in [0.2, 0.25) is 5.78 Å². The lowest BCUT2D eigenvalue weighted by molar-refractivity contribution is 0.0468. The Balaban J connectivity index is 1.52. The number of Topliss-reactive ketones (excluding diaryl/α,β-unsaturated/α-hetero) is 1. The molecule has 0 N–H and O–H groups in total. The van der Waals surface area contributed by atoms with E-state index in [1.807, 2.05) is 6.07 Å². The molecule has 0 amide bonds. The number of sulfonamides is 1. The zero-order valence-electron chi connectivity index (χ0n) is 17.4. The number of anilines is 1. The molecule has 0 aliphatic heterocycles. The highest BCUT2D eigenvalue weighted by Crippen LogP contribution is 2.26. The normalized spacial score (nSPS) is 11.3. The van der Waals surface area contributed by atoms with Gasteiger partial charge in [-0.2, -0.15) is 0 Å². The van der Waals surface area contributed by atoms with E-state index in [2.05, 4.69) is 0 Å². The van der Waals surface area contributed by atoms with E-state index < -0.39 is 28.4 Å². The molecule has 0 saturated carbocycles. The van der Waals surface area contributed by atoms with Crippen LogP contribution < -0.4 is 4.31 Å². The summed E-state index contributed by atoms with van der Waals surface area (Å²) < 4.78 is 37.7. The first kappa shape index (κ1) is 22.6. The quantitative estimate of drug-likeness (QED) is 0.272. The van der Waals surface area contributed by atoms with Crippen LogP contribution in [0.5, 0.6) is 0 Å². The number of hydrogen-bond acceptors (Lipinski definition) is 6. The van der Waals surface area contributed by atoms with Crippen LogP contribution >= 0.6 is 11.6 Å². The van der Waals surface area contributed by atoms with E-state index in [1.54, 1.807) is 54.6 Å². The maximum Gasteiger partial charge on any atom is 0.340 e. The van der Waals surface area contributed by atoms with Crippen LogP contribution in [0.1, 0.15) is 20.9 Å². The average molecular weight is 484 g/mol. The van der Waals surface area contributed by atoms with Crippen LogP contribution in [-0.2, 0) is 14.8 Å². The van der Waals surface area contributed by atoms with Crippen molar-refractivity contribution in [2.45, 2.75) is 4.90 Å². The smallest absolute Gasteiger partial charge is 0.340 e. The molecule has 9 heteroatoms. The highest BCUT2D eigenvalue weighted by Gasteiger charge is 2.25. The molecule has 7 nitrogen and oxygen atoms in total. The second kappa shape index (κ2) is 9.09. The molecule has 0 bridgehead atoms. The third kappa shape index (κ3) is 4.62. The van der Waals surface area contributed by atoms with Gasteiger partial charge in [-0.25, -0.2) is 13.2 Å². The van der Waals surface area contributed by atoms with Gasteiger partial charge in [0.15, 0.2) is 12.4 Å². The van der Waals surface area contributed by atoms with Crippen molar-refractivity contribution in [2.75, 3.05) is 18.0 Å². The number of rotatable bonds is 7. The topological polar surface area (TPSA) is 93.9 Å². The molecule has 1 aromatic heterocycles. The molecule has 0 fully saturated rings. The van der Waals surface area contributed by atoms with Crippen molar-refractivity contribution in [3.8, 4) is 0 Å². The largest absolute Gasteiger partial charge is 0.454 e. The Morgan fingerprint density at radius 3 is 2.39 bits per heavy atom. The van der Waals surface area contributed by atoms with Crippen LogP contribution in [0.4, 0.5) is 5.69 Å². The van der Waals surface area contributed by atoms with Crippen LogP contribution in [0.15, 0.2) is 88.2 Å². The summed E-state index contributed by atoms with van der Waals surface area (Å²) in [7, 11) is -2.56. The van der Waals surface area contributed by atoms with Crippen LogP contribution in [0.25, 0.3) is 11.0 Å². The minimum Gasteiger partial charge on any atom is -0.454 e. The third-order valence-electron chi connectivity index (χ3n) is 4.97. The summed E-state index contributed by atoms with van der Waals surface area (Å²) >= 11 is 6.11. The molecule has 168 valence electrons. The Kier molecular flexibility index (Phi) is 6.22. The molecular weight excluding hydrogens is 466 g/mol. The zero-order valence-corrected chi connectivity index (χ0v) is 19.0. The number of benzene rings is 3. The average Bonchev–Trinajstić information content (AvgIpc) is 3.27. The van der Waals surface area contributed by atoms with Gasteiger partial charge in [-0.05, 0) is 42.5 Å². The summed E-state index contributed by atoms with van der Waals surface area (Å²) in [6.45, 7) is -0.587. The highest BCUT2D eigenvalue weighted by molar-refractivity contribution is 7.92. The Morgan fingerprint density at radius 2 is 1.67 bits per heavy atom. The second-order valence-corrected chi connectivity index (χ2v) is 9.47. The fraction of sp³-hybridized carbons (Fsp3) is 0.0833. The van der Waals surface area contributed by atoms with Crippen LogP contribution in [0.2, 0.25) is 5.02 Å². The SMILES string of the molecule is CN(c1ccccc1)S(=O)(=O)c1ccc(Cl)c(C(=O)OCC(=O)c2cc3ccccc3o2)c1. The molecule has 0 saturated heterocycles. The van der Waals surface area contributed by atoms with E-state index in [-0.39, 0.29) is 21.2 Å². The maximum absolute atomic E-state index is 13.0. The fourth-order valence-corrected chi connectivity index (χ4v) is 4.57. The molecule has 4 rings (SSSR count). The van der Waals surface area contributed by atoms with Gasteiger partial charge in [-0.15, -0.1) is 0 Å². The molecule has 1 heterocycles. The van der Waals surface area contributed by atoms with Gasteiger partial charge in [0, 0.05) is 12.4 Å². The van der Waals surface area contributed by atoms with E-state index >= 15 is 0 Å². The van der Waals surface area contributed by atoms with Crippen molar-refractivity contribution in [1.82, 2.24) is 0 Å². The van der Waals surface area contributed by atoms with Gasteiger partial charge in [0.05, 0.1) is 21.2 Å². The lowest BCUT2D eigenvalue weighted by atomic mass is 10.2. The van der Waals surface area contributed by atoms with Gasteiger partial charge < -0.3 is 9.15 Å². The Bertz CT molecular complexity index is 1410. The minimum atomic E-state index is -3.97. The van der Waals surface area contributed by atoms with Crippen molar-refractivity contribution in [3.63, 3.8) is 0 Å². The first-order chi connectivity index (χ1) is 15.8. The molecule has 4 aromatic rings. The molecule has 33 heavy (non-hydrogen) atoms. The number of ketones is 1. The van der Waals surface area contributed by atoms with Crippen molar-refractivity contribution in [2.24, 2.45) is 0 Å². The zero-order chi connectivity index (χ0) is 23.6. The Labute approximate surface area is 195 Å². The predicted octanol–water partition coefficient (Wildman–Crippen LogP) is 4.95. The molecule has 3 aromatic carbocycles. The van der Waals surface area contributed by atoms with Gasteiger partial charge in [-0.1, -0.05) is 48.0 Å². The van der Waals surface area contributed by atoms with Gasteiger partial charge in [0.1, 0.15) is 5.58 Å². The van der Waals surface area contributed by atoms with Crippen molar-refractivity contribution in [1.29, 1.82) is 0 Å². The number of carbonyl (C=O) groups excluding carboxylic acids is 2. The molecule has 0 aliphatic carbocycles. The first-order valence-corrected chi connectivity index (χ1v) is 11.6. The van der Waals surface area contributed by atoms with E-state index in [0.717, 1.165) is 15.8 Å². The summed E-state index contributed by atoms with van der Waals surface area (Å²) in [5, 5.41) is 0.744. The van der Waals surface area contributed by atoms with E-state index in [0.29, 0.717) is 11.3 Å². The molecule has 0 aliphatic rings. The summed E-state index contributed by atoms with van der Waals surface area (Å²) in [6, 6.07) is 20.9. The summed E-state index contributed by atoms with van der Waals surface area (Å²) in [6.07, 6.45) is 0. The number of ether oxygens (including phenoxy) is 1. The summed E-state index contributed by atoms with van der Waals surface area (Å²) in [5.74, 6) is -1.41. The number of esters is 1. The van der Waals surface area contributed by atoms with E-state index in [4.69, 9.17) is 20.8 Å². The number of carbonyl (C=O) groups is 2. The number of furan rings is 1. The van der Waals surface area contributed by atoms with Crippen molar-refractivity contribution >= 4 is 50.0 Å². The maximum atomic E-state index is 13.0. The highest BCUT2D eigenvalue weighted by atomic mass is 35.5. The third-order valence-corrected chi connectivity index (χ3v) is 7.08. The lowest BCUT2D eigenvalue weighted by Crippen LogP contribution is -2.26. The molecule has 0 radical (unpaired) electrons. The van der Waals surface area contributed by atoms with Crippen LogP contribution in [-0.4, -0.2) is 33.8 Å². The molecular formula is C24H18ClNO6S. The van der Waals surface area contributed by atoms with Crippen LogP contribution in [0.3, 0.4) is 0 Å². The van der Waals surface area contributed by atoms with Gasteiger partial charge in [0.25, 0.3) is 10.0 Å². The van der Waals surface area contributed by atoms with Crippen molar-refractivity contribution < 1.29 is 27.2 Å². The molecule has 0 spiro atoms. The minimum absolute atomic E-state index is 0.00231. The van der Waals surface area contributed by atoms with Crippen molar-refractivity contribution in [3.05, 3.63) is 95.2 Å². The number of fused-ring (bicyclic) bond motifs is 1. The standard InChI is InChI=1S/C24H18ClNO6S/c1-26(17-8-3-2-4-9-17)33(29,30)18-11-12-20(25)19(14-18)24(28)31-15-21(27)23-13-16-7-5-6-10-22(16)32-23/h2-14H,15H2,1H3. The Hall–Kier alpha value is -3.62. The predicted molar refractivity (Wildman–Crippen MR) is 124 cm³/mol. The number of halogens is 1. The second-order valence-electron chi connectivity index (χ2n) is 7.10. The summed E-state index contributed by atoms with van der Waals surface area (Å²) in [5.41, 5.74) is 0.820.